The summed E-state index contributed by atoms with van der Waals surface area (Å²) in [5.74, 6) is -0.820. The fourth-order valence-electron chi connectivity index (χ4n) is 1.51. The minimum atomic E-state index is -0.559. The lowest BCUT2D eigenvalue weighted by molar-refractivity contribution is -0.144. The van der Waals surface area contributed by atoms with Gasteiger partial charge in [0.15, 0.2) is 0 Å². The van der Waals surface area contributed by atoms with Crippen molar-refractivity contribution in [2.24, 2.45) is 0 Å². The van der Waals surface area contributed by atoms with Gasteiger partial charge in [-0.1, -0.05) is 30.3 Å². The van der Waals surface area contributed by atoms with Crippen molar-refractivity contribution in [1.29, 1.82) is 0 Å². The molecule has 0 bridgehead atoms. The molecule has 5 heteroatoms. The van der Waals surface area contributed by atoms with E-state index in [-0.39, 0.29) is 6.54 Å². The van der Waals surface area contributed by atoms with Gasteiger partial charge in [-0.25, -0.2) is 0 Å². The highest BCUT2D eigenvalue weighted by Gasteiger charge is 2.20. The summed E-state index contributed by atoms with van der Waals surface area (Å²) in [6.07, 6.45) is 0.463. The van der Waals surface area contributed by atoms with Crippen molar-refractivity contribution in [3.8, 4) is 0 Å². The maximum atomic E-state index is 11.6. The third-order valence-corrected chi connectivity index (χ3v) is 2.49. The van der Waals surface area contributed by atoms with Crippen LogP contribution in [0.5, 0.6) is 0 Å². The zero-order valence-electron chi connectivity index (χ0n) is 10.5. The highest BCUT2D eigenvalue weighted by atomic mass is 16.5. The molecule has 1 aromatic carbocycles. The Labute approximate surface area is 106 Å². The number of nitrogens with one attached hydrogen (secondary N) is 1. The van der Waals surface area contributed by atoms with Crippen molar-refractivity contribution < 1.29 is 19.1 Å². The number of rotatable bonds is 6. The van der Waals surface area contributed by atoms with E-state index in [2.05, 4.69) is 10.1 Å². The van der Waals surface area contributed by atoms with Gasteiger partial charge in [-0.3, -0.25) is 14.9 Å². The molecule has 0 aliphatic rings. The van der Waals surface area contributed by atoms with Crippen LogP contribution in [0.4, 0.5) is 0 Å². The summed E-state index contributed by atoms with van der Waals surface area (Å²) < 4.78 is 9.21. The normalized spacial score (nSPS) is 11.7. The minimum Gasteiger partial charge on any atom is -0.468 e. The van der Waals surface area contributed by atoms with Crippen molar-refractivity contribution in [2.45, 2.75) is 12.5 Å². The summed E-state index contributed by atoms with van der Waals surface area (Å²) in [7, 11) is 2.62. The molecule has 0 radical (unpaired) electrons. The Kier molecular flexibility index (Phi) is 5.87. The zero-order valence-corrected chi connectivity index (χ0v) is 10.5. The van der Waals surface area contributed by atoms with Gasteiger partial charge in [0, 0.05) is 0 Å². The highest BCUT2D eigenvalue weighted by molar-refractivity contribution is 5.78. The molecule has 1 atom stereocenters. The van der Waals surface area contributed by atoms with Gasteiger partial charge in [-0.05, 0) is 12.0 Å². The van der Waals surface area contributed by atoms with Crippen LogP contribution in [0.1, 0.15) is 5.56 Å². The number of carbonyl (C=O) groups excluding carboxylic acids is 2. The molecule has 0 saturated carbocycles. The van der Waals surface area contributed by atoms with Crippen molar-refractivity contribution >= 4 is 11.9 Å². The molecule has 0 aliphatic carbocycles. The van der Waals surface area contributed by atoms with Crippen LogP contribution in [-0.4, -0.2) is 38.7 Å². The molecule has 0 amide bonds. The smallest absolute Gasteiger partial charge is 0.323 e. The SMILES string of the molecule is COC(=O)CN[C@@H](Cc1ccccc1)C(=O)OC. The molecule has 1 rings (SSSR count). The van der Waals surface area contributed by atoms with E-state index in [1.807, 2.05) is 30.3 Å². The Morgan fingerprint density at radius 2 is 1.83 bits per heavy atom. The first-order valence-corrected chi connectivity index (χ1v) is 5.59. The van der Waals surface area contributed by atoms with Crippen LogP contribution >= 0.6 is 0 Å². The van der Waals surface area contributed by atoms with E-state index in [0.717, 1.165) is 5.56 Å². The largest absolute Gasteiger partial charge is 0.468 e. The summed E-state index contributed by atoms with van der Waals surface area (Å²) in [6.45, 7) is -0.0247. The summed E-state index contributed by atoms with van der Waals surface area (Å²) >= 11 is 0. The predicted octanol–water partition coefficient (Wildman–Crippen LogP) is 0.533. The maximum absolute atomic E-state index is 11.6. The summed E-state index contributed by atoms with van der Waals surface area (Å²) in [6, 6.07) is 8.95. The van der Waals surface area contributed by atoms with E-state index < -0.39 is 18.0 Å². The quantitative estimate of drug-likeness (QED) is 0.747. The van der Waals surface area contributed by atoms with E-state index in [9.17, 15) is 9.59 Å². The summed E-state index contributed by atoms with van der Waals surface area (Å²) in [5.41, 5.74) is 0.991. The van der Waals surface area contributed by atoms with E-state index in [1.165, 1.54) is 14.2 Å². The highest BCUT2D eigenvalue weighted by Crippen LogP contribution is 2.04. The first-order chi connectivity index (χ1) is 8.67. The van der Waals surface area contributed by atoms with E-state index in [0.29, 0.717) is 6.42 Å². The lowest BCUT2D eigenvalue weighted by Crippen LogP contribution is -2.42. The van der Waals surface area contributed by atoms with Gasteiger partial charge < -0.3 is 9.47 Å². The summed E-state index contributed by atoms with van der Waals surface area (Å²) in [4.78, 5) is 22.6. The number of hydrogen-bond acceptors (Lipinski definition) is 5. The van der Waals surface area contributed by atoms with Crippen LogP contribution in [-0.2, 0) is 25.5 Å². The molecule has 0 aliphatic heterocycles. The van der Waals surface area contributed by atoms with Gasteiger partial charge in [-0.15, -0.1) is 0 Å². The van der Waals surface area contributed by atoms with Gasteiger partial charge in [0.05, 0.1) is 20.8 Å². The van der Waals surface area contributed by atoms with Gasteiger partial charge >= 0.3 is 11.9 Å². The van der Waals surface area contributed by atoms with Crippen molar-refractivity contribution in [1.82, 2.24) is 5.32 Å². The monoisotopic (exact) mass is 251 g/mol. The Hall–Kier alpha value is -1.88. The van der Waals surface area contributed by atoms with Crippen LogP contribution in [0.25, 0.3) is 0 Å². The van der Waals surface area contributed by atoms with Gasteiger partial charge in [0.2, 0.25) is 0 Å². The van der Waals surface area contributed by atoms with E-state index in [1.54, 1.807) is 0 Å². The average molecular weight is 251 g/mol. The molecule has 1 N–H and O–H groups in total. The van der Waals surface area contributed by atoms with Gasteiger partial charge in [0.25, 0.3) is 0 Å². The fraction of sp³-hybridized carbons (Fsp3) is 0.385. The molecule has 0 unspecified atom stereocenters. The Morgan fingerprint density at radius 3 is 2.39 bits per heavy atom. The molecule has 5 nitrogen and oxygen atoms in total. The van der Waals surface area contributed by atoms with E-state index in [4.69, 9.17) is 4.74 Å². The number of ether oxygens (including phenoxy) is 2. The zero-order chi connectivity index (χ0) is 13.4. The molecule has 0 heterocycles. The number of hydrogen-bond donors (Lipinski definition) is 1. The van der Waals surface area contributed by atoms with Crippen molar-refractivity contribution in [3.63, 3.8) is 0 Å². The van der Waals surface area contributed by atoms with Gasteiger partial charge in [-0.2, -0.15) is 0 Å². The molecule has 1 aromatic rings. The average Bonchev–Trinajstić information content (AvgIpc) is 2.43. The summed E-state index contributed by atoms with van der Waals surface area (Å²) in [5, 5.41) is 2.82. The van der Waals surface area contributed by atoms with Crippen molar-refractivity contribution in [2.75, 3.05) is 20.8 Å². The Balaban J connectivity index is 2.61. The molecule has 0 saturated heterocycles. The lowest BCUT2D eigenvalue weighted by atomic mass is 10.1. The molecule has 0 aromatic heterocycles. The minimum absolute atomic E-state index is 0.0247. The van der Waals surface area contributed by atoms with Crippen LogP contribution in [0, 0.1) is 0 Å². The number of benzene rings is 1. The maximum Gasteiger partial charge on any atom is 0.323 e. The number of carbonyl (C=O) groups is 2. The topological polar surface area (TPSA) is 64.6 Å². The molecular formula is C13H17NO4. The van der Waals surface area contributed by atoms with Crippen LogP contribution in [0.3, 0.4) is 0 Å². The lowest BCUT2D eigenvalue weighted by Gasteiger charge is -2.15. The van der Waals surface area contributed by atoms with Gasteiger partial charge in [0.1, 0.15) is 6.04 Å². The molecule has 0 fully saturated rings. The standard InChI is InChI=1S/C13H17NO4/c1-17-12(15)9-14-11(13(16)18-2)8-10-6-4-3-5-7-10/h3-7,11,14H,8-9H2,1-2H3/t11-/m0/s1. The fourth-order valence-corrected chi connectivity index (χ4v) is 1.51. The third kappa shape index (κ3) is 4.55. The Morgan fingerprint density at radius 1 is 1.17 bits per heavy atom. The molecule has 0 spiro atoms. The van der Waals surface area contributed by atoms with E-state index >= 15 is 0 Å². The van der Waals surface area contributed by atoms with Crippen LogP contribution in [0.2, 0.25) is 0 Å². The second-order valence-corrected chi connectivity index (χ2v) is 3.72. The second kappa shape index (κ2) is 7.45. The first kappa shape index (κ1) is 14.2. The second-order valence-electron chi connectivity index (χ2n) is 3.72. The first-order valence-electron chi connectivity index (χ1n) is 5.59. The number of methoxy groups -OCH3 is 2. The predicted molar refractivity (Wildman–Crippen MR) is 66.0 cm³/mol. The molecular weight excluding hydrogens is 234 g/mol. The molecule has 18 heavy (non-hydrogen) atoms. The van der Waals surface area contributed by atoms with Crippen LogP contribution in [0.15, 0.2) is 30.3 Å². The Bertz CT molecular complexity index is 391. The van der Waals surface area contributed by atoms with Crippen molar-refractivity contribution in [3.05, 3.63) is 35.9 Å². The van der Waals surface area contributed by atoms with Crippen LogP contribution < -0.4 is 5.32 Å². The third-order valence-electron chi connectivity index (χ3n) is 2.49. The molecule has 98 valence electrons. The number of esters is 2.